The van der Waals surface area contributed by atoms with Crippen molar-refractivity contribution in [1.82, 2.24) is 0 Å². The molecule has 4 aliphatic carbocycles. The third kappa shape index (κ3) is 3.53. The van der Waals surface area contributed by atoms with E-state index in [0.29, 0.717) is 5.92 Å². The number of hydrogen-bond donors (Lipinski definition) is 0. The van der Waals surface area contributed by atoms with Crippen LogP contribution in [0, 0.1) is 5.92 Å². The fourth-order valence-electron chi connectivity index (χ4n) is 5.27. The van der Waals surface area contributed by atoms with E-state index >= 15 is 0 Å². The van der Waals surface area contributed by atoms with Crippen LogP contribution < -0.4 is 0 Å². The molecule has 0 saturated heterocycles. The van der Waals surface area contributed by atoms with Gasteiger partial charge in [0.2, 0.25) is 0 Å². The summed E-state index contributed by atoms with van der Waals surface area (Å²) in [6.45, 7) is 0. The van der Waals surface area contributed by atoms with Crippen molar-refractivity contribution in [2.45, 2.75) is 57.3 Å². The largest absolute Gasteiger partial charge is 0.0836 e. The van der Waals surface area contributed by atoms with E-state index in [4.69, 9.17) is 0 Å². The first kappa shape index (κ1) is 17.7. The molecule has 0 heteroatoms. The van der Waals surface area contributed by atoms with E-state index in [-0.39, 0.29) is 0 Å². The van der Waals surface area contributed by atoms with Gasteiger partial charge in [0.15, 0.2) is 0 Å². The average molecular weight is 367 g/mol. The topological polar surface area (TPSA) is 0 Å². The third-order valence-electron chi connectivity index (χ3n) is 6.86. The van der Waals surface area contributed by atoms with E-state index in [0.717, 1.165) is 12.3 Å². The zero-order valence-corrected chi connectivity index (χ0v) is 16.7. The molecular formula is C28H30. The molecule has 0 heterocycles. The minimum absolute atomic E-state index is 0.440. The van der Waals surface area contributed by atoms with Crippen molar-refractivity contribution in [1.29, 1.82) is 0 Å². The highest BCUT2D eigenvalue weighted by molar-refractivity contribution is 5.60. The molecule has 0 spiro atoms. The lowest BCUT2D eigenvalue weighted by Gasteiger charge is -2.26. The van der Waals surface area contributed by atoms with Gasteiger partial charge in [-0.15, -0.1) is 0 Å². The quantitative estimate of drug-likeness (QED) is 0.516. The highest BCUT2D eigenvalue weighted by Crippen LogP contribution is 2.41. The van der Waals surface area contributed by atoms with Crippen molar-refractivity contribution in [3.05, 3.63) is 106 Å². The summed E-state index contributed by atoms with van der Waals surface area (Å²) in [5.74, 6) is 1.24. The van der Waals surface area contributed by atoms with Crippen LogP contribution in [0.2, 0.25) is 0 Å². The summed E-state index contributed by atoms with van der Waals surface area (Å²) in [7, 11) is 0. The molecule has 0 nitrogen and oxygen atoms in total. The molecule has 4 aliphatic rings. The second kappa shape index (κ2) is 7.95. The Morgan fingerprint density at radius 2 is 1.68 bits per heavy atom. The number of fused-ring (bicyclic) bond motifs is 1. The highest BCUT2D eigenvalue weighted by atomic mass is 14.3. The summed E-state index contributed by atoms with van der Waals surface area (Å²) in [6, 6.07) is 9.53. The lowest BCUT2D eigenvalue weighted by atomic mass is 9.78. The first-order chi connectivity index (χ1) is 13.9. The molecule has 0 amide bonds. The Morgan fingerprint density at radius 1 is 0.821 bits per heavy atom. The second-order valence-electron chi connectivity index (χ2n) is 8.69. The molecular weight excluding hydrogens is 336 g/mol. The van der Waals surface area contributed by atoms with Crippen LogP contribution in [0.1, 0.15) is 62.0 Å². The maximum atomic E-state index is 2.40. The molecule has 142 valence electrons. The number of hydrogen-bond acceptors (Lipinski definition) is 0. The molecule has 28 heavy (non-hydrogen) atoms. The van der Waals surface area contributed by atoms with E-state index in [2.05, 4.69) is 72.9 Å². The van der Waals surface area contributed by atoms with Crippen LogP contribution in [0.4, 0.5) is 0 Å². The van der Waals surface area contributed by atoms with Crippen molar-refractivity contribution in [2.24, 2.45) is 5.92 Å². The van der Waals surface area contributed by atoms with Crippen molar-refractivity contribution < 1.29 is 0 Å². The SMILES string of the molecule is C1=CC2C(C3=CCCC=C3)=CC=C(Cc3ccc(C4CCCCC4)cc3)C2=C1. The normalized spacial score (nSPS) is 24.4. The van der Waals surface area contributed by atoms with E-state index in [9.17, 15) is 0 Å². The van der Waals surface area contributed by atoms with Gasteiger partial charge in [-0.05, 0) is 71.4 Å². The van der Waals surface area contributed by atoms with Crippen LogP contribution in [0.3, 0.4) is 0 Å². The van der Waals surface area contributed by atoms with Gasteiger partial charge >= 0.3 is 0 Å². The predicted octanol–water partition coefficient (Wildman–Crippen LogP) is 7.53. The predicted molar refractivity (Wildman–Crippen MR) is 119 cm³/mol. The van der Waals surface area contributed by atoms with E-state index < -0.39 is 0 Å². The second-order valence-corrected chi connectivity index (χ2v) is 8.69. The van der Waals surface area contributed by atoms with Gasteiger partial charge in [0.1, 0.15) is 0 Å². The van der Waals surface area contributed by atoms with Gasteiger partial charge in [0, 0.05) is 5.92 Å². The Balaban J connectivity index is 1.35. The fraction of sp³-hybridized carbons (Fsp3) is 0.357. The molecule has 0 bridgehead atoms. The zero-order valence-electron chi connectivity index (χ0n) is 16.7. The minimum atomic E-state index is 0.440. The summed E-state index contributed by atoms with van der Waals surface area (Å²) < 4.78 is 0. The smallest absolute Gasteiger partial charge is 0.0281 e. The molecule has 1 aromatic rings. The van der Waals surface area contributed by atoms with Gasteiger partial charge in [-0.25, -0.2) is 0 Å². The Hall–Kier alpha value is -2.34. The summed E-state index contributed by atoms with van der Waals surface area (Å²) in [5.41, 5.74) is 8.84. The van der Waals surface area contributed by atoms with Crippen LogP contribution in [0.15, 0.2) is 95.2 Å². The van der Waals surface area contributed by atoms with Crippen molar-refractivity contribution in [2.75, 3.05) is 0 Å². The Bertz CT molecular complexity index is 905. The van der Waals surface area contributed by atoms with Gasteiger partial charge in [0.25, 0.3) is 0 Å². The van der Waals surface area contributed by atoms with Crippen LogP contribution in [0.25, 0.3) is 0 Å². The first-order valence-corrected chi connectivity index (χ1v) is 11.1. The highest BCUT2D eigenvalue weighted by Gasteiger charge is 2.26. The van der Waals surface area contributed by atoms with Gasteiger partial charge < -0.3 is 0 Å². The van der Waals surface area contributed by atoms with Gasteiger partial charge in [-0.1, -0.05) is 92.1 Å². The van der Waals surface area contributed by atoms with Gasteiger partial charge in [-0.3, -0.25) is 0 Å². The molecule has 1 atom stereocenters. The molecule has 5 rings (SSSR count). The van der Waals surface area contributed by atoms with Crippen LogP contribution in [0.5, 0.6) is 0 Å². The maximum Gasteiger partial charge on any atom is 0.0281 e. The molecule has 0 aliphatic heterocycles. The minimum Gasteiger partial charge on any atom is -0.0836 e. The van der Waals surface area contributed by atoms with Crippen molar-refractivity contribution in [3.63, 3.8) is 0 Å². The van der Waals surface area contributed by atoms with Crippen LogP contribution in [-0.2, 0) is 6.42 Å². The first-order valence-electron chi connectivity index (χ1n) is 11.1. The number of rotatable bonds is 4. The Kier molecular flexibility index (Phi) is 5.04. The standard InChI is InChI=1S/C28H30/c1-3-8-22(9-4-1)23-16-14-21(15-17-23)20-25-18-19-27(24-10-5-2-6-11-24)28-13-7-12-26(25)28/h5,7,10-19,22,28H,1-4,6,8-9,20H2. The van der Waals surface area contributed by atoms with E-state index in [1.165, 1.54) is 72.8 Å². The van der Waals surface area contributed by atoms with Crippen molar-refractivity contribution >= 4 is 0 Å². The lowest BCUT2D eigenvalue weighted by molar-refractivity contribution is 0.443. The average Bonchev–Trinajstić information content (AvgIpc) is 3.26. The Morgan fingerprint density at radius 3 is 2.46 bits per heavy atom. The zero-order chi connectivity index (χ0) is 18.8. The molecule has 1 aromatic carbocycles. The molecule has 0 radical (unpaired) electrons. The summed E-state index contributed by atoms with van der Waals surface area (Å²) in [5, 5.41) is 0. The van der Waals surface area contributed by atoms with E-state index in [1.807, 2.05) is 0 Å². The lowest BCUT2D eigenvalue weighted by Crippen LogP contribution is -2.12. The summed E-state index contributed by atoms with van der Waals surface area (Å²) in [4.78, 5) is 0. The van der Waals surface area contributed by atoms with Crippen LogP contribution >= 0.6 is 0 Å². The molecule has 1 unspecified atom stereocenters. The van der Waals surface area contributed by atoms with E-state index in [1.54, 1.807) is 5.56 Å². The summed E-state index contributed by atoms with van der Waals surface area (Å²) >= 11 is 0. The fourth-order valence-corrected chi connectivity index (χ4v) is 5.27. The number of allylic oxidation sites excluding steroid dienone is 12. The third-order valence-corrected chi connectivity index (χ3v) is 6.86. The monoisotopic (exact) mass is 366 g/mol. The molecule has 1 fully saturated rings. The maximum absolute atomic E-state index is 2.40. The van der Waals surface area contributed by atoms with Crippen molar-refractivity contribution in [3.8, 4) is 0 Å². The van der Waals surface area contributed by atoms with Gasteiger partial charge in [-0.2, -0.15) is 0 Å². The Labute approximate surface area is 169 Å². The summed E-state index contributed by atoms with van der Waals surface area (Å²) in [6.07, 6.45) is 29.1. The molecule has 0 aromatic heterocycles. The molecule has 1 saturated carbocycles. The van der Waals surface area contributed by atoms with Gasteiger partial charge in [0.05, 0.1) is 0 Å². The van der Waals surface area contributed by atoms with Crippen LogP contribution in [-0.4, -0.2) is 0 Å². The number of benzene rings is 1. The molecule has 0 N–H and O–H groups in total.